The first-order valence-corrected chi connectivity index (χ1v) is 5.26. The fraction of sp³-hybridized carbons (Fsp3) is 0.636. The topological polar surface area (TPSA) is 53.2 Å². The van der Waals surface area contributed by atoms with Gasteiger partial charge in [-0.2, -0.15) is 0 Å². The number of imidazole rings is 1. The summed E-state index contributed by atoms with van der Waals surface area (Å²) in [7, 11) is 1.35. The molecule has 0 N–H and O–H groups in total. The largest absolute Gasteiger partial charge is 0.469 e. The van der Waals surface area contributed by atoms with E-state index >= 15 is 0 Å². The molecule has 1 aromatic heterocycles. The molecule has 0 fully saturated rings. The van der Waals surface area contributed by atoms with Gasteiger partial charge in [0.25, 0.3) is 0 Å². The normalized spacial score (nSPS) is 11.5. The number of esters is 1. The maximum absolute atomic E-state index is 11.8. The van der Waals surface area contributed by atoms with Crippen molar-refractivity contribution in [2.75, 3.05) is 7.11 Å². The predicted octanol–water partition coefficient (Wildman–Crippen LogP) is 0.869. The number of aryl methyl sites for hydroxylation is 1. The van der Waals surface area contributed by atoms with Gasteiger partial charge >= 0.3 is 11.7 Å². The van der Waals surface area contributed by atoms with Crippen LogP contribution in [0.25, 0.3) is 0 Å². The summed E-state index contributed by atoms with van der Waals surface area (Å²) in [6, 6.07) is 0. The van der Waals surface area contributed by atoms with E-state index in [1.165, 1.54) is 11.7 Å². The van der Waals surface area contributed by atoms with Crippen molar-refractivity contribution in [1.29, 1.82) is 0 Å². The number of hydrogen-bond acceptors (Lipinski definition) is 3. The van der Waals surface area contributed by atoms with E-state index in [1.54, 1.807) is 30.8 Å². The lowest BCUT2D eigenvalue weighted by Crippen LogP contribution is -2.35. The Morgan fingerprint density at radius 3 is 2.38 bits per heavy atom. The molecule has 0 aliphatic rings. The Hall–Kier alpha value is -1.52. The monoisotopic (exact) mass is 226 g/mol. The van der Waals surface area contributed by atoms with Gasteiger partial charge in [-0.25, -0.2) is 4.79 Å². The van der Waals surface area contributed by atoms with E-state index in [0.717, 1.165) is 0 Å². The van der Waals surface area contributed by atoms with Gasteiger partial charge in [-0.1, -0.05) is 0 Å². The van der Waals surface area contributed by atoms with Crippen LogP contribution in [0.2, 0.25) is 0 Å². The Balaban J connectivity index is 2.92. The molecule has 0 aliphatic heterocycles. The zero-order valence-corrected chi connectivity index (χ0v) is 10.2. The molecule has 5 nitrogen and oxygen atoms in total. The Bertz CT molecular complexity index is 429. The molecule has 1 aromatic rings. The molecule has 5 heteroatoms. The van der Waals surface area contributed by atoms with Crippen molar-refractivity contribution in [3.63, 3.8) is 0 Å². The fourth-order valence-corrected chi connectivity index (χ4v) is 1.58. The molecule has 90 valence electrons. The molecule has 16 heavy (non-hydrogen) atoms. The van der Waals surface area contributed by atoms with Crippen molar-refractivity contribution in [3.05, 3.63) is 22.9 Å². The third kappa shape index (κ3) is 2.35. The van der Waals surface area contributed by atoms with Crippen LogP contribution in [-0.2, 0) is 22.6 Å². The molecule has 1 rings (SSSR count). The van der Waals surface area contributed by atoms with Gasteiger partial charge in [0.1, 0.15) is 0 Å². The van der Waals surface area contributed by atoms with Crippen LogP contribution >= 0.6 is 0 Å². The summed E-state index contributed by atoms with van der Waals surface area (Å²) in [6.07, 6.45) is 3.41. The third-order valence-electron chi connectivity index (χ3n) is 2.56. The van der Waals surface area contributed by atoms with E-state index in [9.17, 15) is 9.59 Å². The minimum atomic E-state index is -0.696. The van der Waals surface area contributed by atoms with Crippen molar-refractivity contribution in [2.45, 2.75) is 33.9 Å². The molecule has 0 aromatic carbocycles. The van der Waals surface area contributed by atoms with Gasteiger partial charge in [0.05, 0.1) is 12.5 Å². The summed E-state index contributed by atoms with van der Waals surface area (Å²) >= 11 is 0. The zero-order valence-electron chi connectivity index (χ0n) is 10.2. The van der Waals surface area contributed by atoms with Crippen LogP contribution in [0.3, 0.4) is 0 Å². The lowest BCUT2D eigenvalue weighted by Gasteiger charge is -2.21. The number of carbonyl (C=O) groups excluding carboxylic acids is 1. The molecule has 0 atom stereocenters. The molecule has 0 bridgehead atoms. The summed E-state index contributed by atoms with van der Waals surface area (Å²) in [6.45, 7) is 6.37. The number of methoxy groups -OCH3 is 1. The average Bonchev–Trinajstić information content (AvgIpc) is 2.58. The van der Waals surface area contributed by atoms with Gasteiger partial charge in [-0.3, -0.25) is 13.9 Å². The van der Waals surface area contributed by atoms with Gasteiger partial charge in [0.15, 0.2) is 0 Å². The van der Waals surface area contributed by atoms with E-state index in [-0.39, 0.29) is 11.7 Å². The Morgan fingerprint density at radius 1 is 1.38 bits per heavy atom. The SMILES string of the molecule is CCn1ccn(CC(C)(C)C(=O)OC)c1=O. The van der Waals surface area contributed by atoms with Crippen LogP contribution in [0.1, 0.15) is 20.8 Å². The smallest absolute Gasteiger partial charge is 0.328 e. The van der Waals surface area contributed by atoms with Gasteiger partial charge in [0.2, 0.25) is 0 Å². The summed E-state index contributed by atoms with van der Waals surface area (Å²) in [4.78, 5) is 23.2. The van der Waals surface area contributed by atoms with E-state index in [0.29, 0.717) is 13.1 Å². The van der Waals surface area contributed by atoms with Crippen molar-refractivity contribution >= 4 is 5.97 Å². The second kappa shape index (κ2) is 4.55. The highest BCUT2D eigenvalue weighted by Gasteiger charge is 2.29. The molecule has 0 aliphatic carbocycles. The number of carbonyl (C=O) groups is 1. The van der Waals surface area contributed by atoms with E-state index in [2.05, 4.69) is 0 Å². The first-order valence-electron chi connectivity index (χ1n) is 5.26. The number of hydrogen-bond donors (Lipinski definition) is 0. The molecular weight excluding hydrogens is 208 g/mol. The third-order valence-corrected chi connectivity index (χ3v) is 2.56. The molecular formula is C11H18N2O3. The lowest BCUT2D eigenvalue weighted by molar-refractivity contribution is -0.151. The van der Waals surface area contributed by atoms with Gasteiger partial charge in [-0.05, 0) is 20.8 Å². The van der Waals surface area contributed by atoms with E-state index in [1.807, 2.05) is 6.92 Å². The van der Waals surface area contributed by atoms with Gasteiger partial charge in [0, 0.05) is 25.5 Å². The highest BCUT2D eigenvalue weighted by Crippen LogP contribution is 2.18. The van der Waals surface area contributed by atoms with Crippen molar-refractivity contribution in [2.24, 2.45) is 5.41 Å². The van der Waals surface area contributed by atoms with Crippen molar-refractivity contribution in [1.82, 2.24) is 9.13 Å². The molecule has 0 amide bonds. The van der Waals surface area contributed by atoms with Gasteiger partial charge < -0.3 is 4.74 Å². The second-order valence-electron chi connectivity index (χ2n) is 4.37. The van der Waals surface area contributed by atoms with Crippen LogP contribution in [0.15, 0.2) is 17.2 Å². The van der Waals surface area contributed by atoms with E-state index in [4.69, 9.17) is 4.74 Å². The predicted molar refractivity (Wildman–Crippen MR) is 60.2 cm³/mol. The van der Waals surface area contributed by atoms with Crippen LogP contribution in [0.5, 0.6) is 0 Å². The maximum Gasteiger partial charge on any atom is 0.328 e. The summed E-state index contributed by atoms with van der Waals surface area (Å²) < 4.78 is 7.82. The Kier molecular flexibility index (Phi) is 3.57. The fourth-order valence-electron chi connectivity index (χ4n) is 1.58. The maximum atomic E-state index is 11.8. The van der Waals surface area contributed by atoms with E-state index < -0.39 is 5.41 Å². The van der Waals surface area contributed by atoms with Crippen LogP contribution in [0, 0.1) is 5.41 Å². The van der Waals surface area contributed by atoms with Crippen LogP contribution in [-0.4, -0.2) is 22.2 Å². The van der Waals surface area contributed by atoms with Crippen LogP contribution < -0.4 is 5.69 Å². The lowest BCUT2D eigenvalue weighted by atomic mass is 9.94. The number of nitrogens with zero attached hydrogens (tertiary/aromatic N) is 2. The Labute approximate surface area is 94.6 Å². The summed E-state index contributed by atoms with van der Waals surface area (Å²) in [5, 5.41) is 0. The minimum absolute atomic E-state index is 0.0977. The quantitative estimate of drug-likeness (QED) is 0.716. The number of ether oxygens (including phenoxy) is 1. The molecule has 0 saturated heterocycles. The van der Waals surface area contributed by atoms with Crippen molar-refractivity contribution < 1.29 is 9.53 Å². The molecule has 0 unspecified atom stereocenters. The second-order valence-corrected chi connectivity index (χ2v) is 4.37. The first-order chi connectivity index (χ1) is 7.42. The Morgan fingerprint density at radius 2 is 1.94 bits per heavy atom. The first kappa shape index (κ1) is 12.5. The average molecular weight is 226 g/mol. The van der Waals surface area contributed by atoms with Crippen molar-refractivity contribution in [3.8, 4) is 0 Å². The molecule has 0 saturated carbocycles. The zero-order chi connectivity index (χ0) is 12.3. The highest BCUT2D eigenvalue weighted by molar-refractivity contribution is 5.75. The summed E-state index contributed by atoms with van der Waals surface area (Å²) in [5.74, 6) is -0.316. The minimum Gasteiger partial charge on any atom is -0.469 e. The standard InChI is InChI=1S/C11H18N2O3/c1-5-12-6-7-13(10(12)15)8-11(2,3)9(14)16-4/h6-7H,5,8H2,1-4H3. The molecule has 1 heterocycles. The molecule has 0 radical (unpaired) electrons. The summed E-state index contributed by atoms with van der Waals surface area (Å²) in [5.41, 5.74) is -0.794. The van der Waals surface area contributed by atoms with Crippen LogP contribution in [0.4, 0.5) is 0 Å². The molecule has 0 spiro atoms. The highest BCUT2D eigenvalue weighted by atomic mass is 16.5. The van der Waals surface area contributed by atoms with Gasteiger partial charge in [-0.15, -0.1) is 0 Å². The number of rotatable bonds is 4. The number of aromatic nitrogens is 2.